The van der Waals surface area contributed by atoms with Crippen LogP contribution in [0.15, 0.2) is 93.5 Å². The van der Waals surface area contributed by atoms with Gasteiger partial charge in [-0.05, 0) is 60.7 Å². The molecule has 0 aliphatic heterocycles. The molecule has 0 aromatic heterocycles. The molecule has 0 heterocycles. The van der Waals surface area contributed by atoms with Gasteiger partial charge in [0.05, 0.1) is 0 Å². The Morgan fingerprint density at radius 2 is 0.909 bits per heavy atom. The smallest absolute Gasteiger partial charge is 0.0406 e. The summed E-state index contributed by atoms with van der Waals surface area (Å²) in [5, 5.41) is 1.50. The molecule has 112 valence electrons. The quantitative estimate of drug-likeness (QED) is 0.436. The van der Waals surface area contributed by atoms with E-state index >= 15 is 0 Å². The summed E-state index contributed by atoms with van der Waals surface area (Å²) in [5.41, 5.74) is 0. The first kappa shape index (κ1) is 15.9. The van der Waals surface area contributed by atoms with Gasteiger partial charge in [0.2, 0.25) is 0 Å². The Labute approximate surface area is 144 Å². The normalized spacial score (nSPS) is 12.1. The van der Waals surface area contributed by atoms with Gasteiger partial charge in [-0.15, -0.1) is 9.65 Å². The highest BCUT2D eigenvalue weighted by molar-refractivity contribution is 8.68. The predicted molar refractivity (Wildman–Crippen MR) is 101 cm³/mol. The van der Waals surface area contributed by atoms with Gasteiger partial charge in [-0.3, -0.25) is 0 Å². The summed E-state index contributed by atoms with van der Waals surface area (Å²) in [6.45, 7) is 0. The van der Waals surface area contributed by atoms with E-state index in [1.54, 1.807) is 0 Å². The number of rotatable bonds is 3. The third-order valence-electron chi connectivity index (χ3n) is 3.49. The zero-order valence-corrected chi connectivity index (χ0v) is 15.2. The summed E-state index contributed by atoms with van der Waals surface area (Å²) in [6.07, 6.45) is 0. The van der Waals surface area contributed by atoms with Crippen LogP contribution < -0.4 is 0 Å². The molecule has 1 atom stereocenters. The largest absolute Gasteiger partial charge is 0.145 e. The Morgan fingerprint density at radius 3 is 1.32 bits per heavy atom. The van der Waals surface area contributed by atoms with E-state index in [1.165, 1.54) is 14.7 Å². The minimum atomic E-state index is -1.41. The molecule has 0 N–H and O–H groups in total. The fourth-order valence-electron chi connectivity index (χ4n) is 2.34. The molecule has 3 aromatic carbocycles. The van der Waals surface area contributed by atoms with Crippen LogP contribution in [0.25, 0.3) is 0 Å². The molecule has 3 aromatic rings. The monoisotopic (exact) mass is 364 g/mol. The van der Waals surface area contributed by atoms with Crippen molar-refractivity contribution in [2.75, 3.05) is 0 Å². The van der Waals surface area contributed by atoms with Gasteiger partial charge >= 0.3 is 0 Å². The third-order valence-corrected chi connectivity index (χ3v) is 9.49. The summed E-state index contributed by atoms with van der Waals surface area (Å²) in [4.78, 5) is 3.77. The summed E-state index contributed by atoms with van der Waals surface area (Å²) in [7, 11) is 1.68. The summed E-state index contributed by atoms with van der Waals surface area (Å²) in [6, 6.07) is 26.7. The average Bonchev–Trinajstić information content (AvgIpc) is 2.56. The Bertz CT molecular complexity index is 710. The van der Waals surface area contributed by atoms with Gasteiger partial charge in [0.25, 0.3) is 0 Å². The van der Waals surface area contributed by atoms with Crippen LogP contribution in [0.2, 0.25) is 10.0 Å². The lowest BCUT2D eigenvalue weighted by Crippen LogP contribution is -1.95. The second kappa shape index (κ2) is 6.64. The van der Waals surface area contributed by atoms with Crippen molar-refractivity contribution < 1.29 is 0 Å². The summed E-state index contributed by atoms with van der Waals surface area (Å²) < 4.78 is 0. The minimum Gasteiger partial charge on any atom is -0.145 e. The molecule has 0 radical (unpaired) electrons. The van der Waals surface area contributed by atoms with Crippen LogP contribution in [0.5, 0.6) is 0 Å². The Kier molecular flexibility index (Phi) is 4.80. The van der Waals surface area contributed by atoms with E-state index in [0.717, 1.165) is 10.0 Å². The molecule has 1 unspecified atom stereocenters. The number of hydrogen-bond acceptors (Lipinski definition) is 0. The molecule has 22 heavy (non-hydrogen) atoms. The average molecular weight is 365 g/mol. The van der Waals surface area contributed by atoms with E-state index in [2.05, 4.69) is 57.0 Å². The van der Waals surface area contributed by atoms with Crippen LogP contribution >= 0.6 is 41.3 Å². The molecule has 4 heteroatoms. The molecule has 0 spiro atoms. The maximum absolute atomic E-state index is 6.06. The van der Waals surface area contributed by atoms with Crippen molar-refractivity contribution in [2.45, 2.75) is 14.7 Å². The van der Waals surface area contributed by atoms with Gasteiger partial charge in [0, 0.05) is 24.7 Å². The molecule has 0 saturated carbocycles. The first-order valence-corrected chi connectivity index (χ1v) is 10.6. The molecule has 0 amide bonds. The van der Waals surface area contributed by atoms with Gasteiger partial charge in [-0.1, -0.05) is 49.8 Å². The maximum Gasteiger partial charge on any atom is 0.0406 e. The van der Waals surface area contributed by atoms with E-state index in [4.69, 9.17) is 23.2 Å². The van der Waals surface area contributed by atoms with E-state index in [9.17, 15) is 0 Å². The van der Waals surface area contributed by atoms with E-state index in [-0.39, 0.29) is 0 Å². The first-order chi connectivity index (χ1) is 10.6. The van der Waals surface area contributed by atoms with Gasteiger partial charge < -0.3 is 0 Å². The summed E-state index contributed by atoms with van der Waals surface area (Å²) in [5.74, 6) is 0. The van der Waals surface area contributed by atoms with Crippen molar-refractivity contribution >= 4 is 41.3 Å². The zero-order chi connectivity index (χ0) is 15.6. The van der Waals surface area contributed by atoms with Gasteiger partial charge in [0.15, 0.2) is 0 Å². The number of benzene rings is 3. The van der Waals surface area contributed by atoms with Crippen LogP contribution in [-0.4, -0.2) is 0 Å². The topological polar surface area (TPSA) is 0 Å². The zero-order valence-electron chi connectivity index (χ0n) is 11.7. The van der Waals surface area contributed by atoms with E-state index in [1.807, 2.05) is 30.3 Å². The minimum absolute atomic E-state index is 0.750. The van der Waals surface area contributed by atoms with Crippen LogP contribution in [0.3, 0.4) is 0 Å². The van der Waals surface area contributed by atoms with Crippen molar-refractivity contribution in [3.63, 3.8) is 0 Å². The highest BCUT2D eigenvalue weighted by atomic mass is 35.5. The maximum atomic E-state index is 6.06. The fraction of sp³-hybridized carbons (Fsp3) is 0. The molecule has 0 aliphatic rings. The van der Waals surface area contributed by atoms with Gasteiger partial charge in [-0.2, -0.15) is 0 Å². The summed E-state index contributed by atoms with van der Waals surface area (Å²) >= 11 is 12.1. The second-order valence-corrected chi connectivity index (χ2v) is 10.6. The molecule has 0 nitrogen and oxygen atoms in total. The van der Waals surface area contributed by atoms with Crippen LogP contribution in [0.1, 0.15) is 0 Å². The highest BCUT2D eigenvalue weighted by Gasteiger charge is 2.25. The molecule has 0 aliphatic carbocycles. The molecular weight excluding hydrogens is 350 g/mol. The van der Waals surface area contributed by atoms with Crippen molar-refractivity contribution in [3.05, 3.63) is 88.9 Å². The molecule has 0 fully saturated rings. The lowest BCUT2D eigenvalue weighted by Gasteiger charge is -2.37. The molecule has 3 rings (SSSR count). The first-order valence-electron chi connectivity index (χ1n) is 6.78. The van der Waals surface area contributed by atoms with Crippen LogP contribution in [0, 0.1) is 0 Å². The van der Waals surface area contributed by atoms with Crippen molar-refractivity contribution in [2.24, 2.45) is 0 Å². The van der Waals surface area contributed by atoms with Crippen molar-refractivity contribution in [1.29, 1.82) is 0 Å². The van der Waals surface area contributed by atoms with Crippen LogP contribution in [0.4, 0.5) is 0 Å². The third kappa shape index (κ3) is 3.05. The fourth-order valence-corrected chi connectivity index (χ4v) is 6.54. The van der Waals surface area contributed by atoms with Gasteiger partial charge in [0.1, 0.15) is 0 Å². The van der Waals surface area contributed by atoms with E-state index < -0.39 is 9.65 Å². The van der Waals surface area contributed by atoms with Crippen molar-refractivity contribution in [1.82, 2.24) is 0 Å². The SMILES string of the molecule is PS(c1ccccc1)(c1ccc(Cl)cc1)c1ccc(Cl)cc1. The standard InChI is InChI=1S/C18H15Cl2PS/c19-14-6-10-17(11-7-14)22(21,16-4-2-1-3-5-16)18-12-8-15(20)9-13-18/h1-13H,21H2. The Balaban J connectivity index is 2.22. The molecule has 0 bridgehead atoms. The van der Waals surface area contributed by atoms with Gasteiger partial charge in [-0.25, -0.2) is 0 Å². The lowest BCUT2D eigenvalue weighted by molar-refractivity contribution is 1.32. The Morgan fingerprint density at radius 1 is 0.545 bits per heavy atom. The highest BCUT2D eigenvalue weighted by Crippen LogP contribution is 2.74. The number of halogens is 2. The lowest BCUT2D eigenvalue weighted by atomic mass is 10.3. The van der Waals surface area contributed by atoms with Crippen molar-refractivity contribution in [3.8, 4) is 0 Å². The van der Waals surface area contributed by atoms with Crippen LogP contribution in [-0.2, 0) is 0 Å². The second-order valence-electron chi connectivity index (χ2n) is 4.88. The molecular formula is C18H15Cl2PS. The molecule has 0 saturated heterocycles. The Hall–Kier alpha value is -0.980. The van der Waals surface area contributed by atoms with E-state index in [0.29, 0.717) is 0 Å². The predicted octanol–water partition coefficient (Wildman–Crippen LogP) is 7.07. The number of hydrogen-bond donors (Lipinski definition) is 0.